The number of rotatable bonds is 2. The number of carbonyl (C=O) groups excluding carboxylic acids is 2. The Bertz CT molecular complexity index is 745. The molecule has 3 fully saturated rings. The lowest BCUT2D eigenvalue weighted by molar-refractivity contribution is -0.146. The van der Waals surface area contributed by atoms with Crippen LogP contribution < -0.4 is 9.47 Å². The van der Waals surface area contributed by atoms with Crippen LogP contribution in [0.15, 0.2) is 18.2 Å². The molecule has 0 bridgehead atoms. The van der Waals surface area contributed by atoms with Crippen molar-refractivity contribution in [2.45, 2.75) is 50.1 Å². The van der Waals surface area contributed by atoms with Crippen LogP contribution in [0.5, 0.6) is 11.5 Å². The molecule has 1 spiro atoms. The van der Waals surface area contributed by atoms with Gasteiger partial charge in [0.2, 0.25) is 12.7 Å². The zero-order valence-electron chi connectivity index (χ0n) is 14.2. The second-order valence-corrected chi connectivity index (χ2v) is 7.49. The summed E-state index contributed by atoms with van der Waals surface area (Å²) in [7, 11) is 0. The molecule has 1 saturated carbocycles. The van der Waals surface area contributed by atoms with Gasteiger partial charge < -0.3 is 19.3 Å². The molecule has 1 aromatic rings. The normalized spacial score (nSPS) is 28.1. The topological polar surface area (TPSA) is 59.1 Å². The Hall–Kier alpha value is -2.24. The monoisotopic (exact) mass is 342 g/mol. The Balaban J connectivity index is 1.46. The molecule has 1 aliphatic carbocycles. The third-order valence-corrected chi connectivity index (χ3v) is 5.99. The number of hydrogen-bond donors (Lipinski definition) is 0. The van der Waals surface area contributed by atoms with Crippen molar-refractivity contribution in [3.8, 4) is 11.5 Å². The number of carbonyl (C=O) groups is 2. The number of likely N-dealkylation sites (tertiary alicyclic amines) is 2. The van der Waals surface area contributed by atoms with E-state index in [1.807, 2.05) is 9.80 Å². The summed E-state index contributed by atoms with van der Waals surface area (Å²) in [5, 5.41) is 0. The van der Waals surface area contributed by atoms with E-state index < -0.39 is 5.54 Å². The van der Waals surface area contributed by atoms with Crippen molar-refractivity contribution in [1.29, 1.82) is 0 Å². The summed E-state index contributed by atoms with van der Waals surface area (Å²) in [6.07, 6.45) is 5.65. The minimum atomic E-state index is -0.631. The van der Waals surface area contributed by atoms with E-state index in [0.717, 1.165) is 45.1 Å². The van der Waals surface area contributed by atoms with Crippen molar-refractivity contribution in [1.82, 2.24) is 9.80 Å². The van der Waals surface area contributed by atoms with Gasteiger partial charge in [-0.15, -0.1) is 0 Å². The number of fused-ring (bicyclic) bond motifs is 1. The van der Waals surface area contributed by atoms with Crippen molar-refractivity contribution < 1.29 is 19.1 Å². The molecule has 1 atom stereocenters. The largest absolute Gasteiger partial charge is 0.454 e. The van der Waals surface area contributed by atoms with Gasteiger partial charge in [0.25, 0.3) is 5.91 Å². The van der Waals surface area contributed by atoms with E-state index in [1.165, 1.54) is 0 Å². The number of nitrogens with zero attached hydrogens (tertiary/aromatic N) is 2. The molecule has 0 radical (unpaired) electrons. The van der Waals surface area contributed by atoms with Crippen molar-refractivity contribution in [3.63, 3.8) is 0 Å². The maximum Gasteiger partial charge on any atom is 0.254 e. The van der Waals surface area contributed by atoms with Gasteiger partial charge in [0, 0.05) is 24.7 Å². The zero-order chi connectivity index (χ0) is 17.0. The van der Waals surface area contributed by atoms with E-state index in [9.17, 15) is 9.59 Å². The predicted molar refractivity (Wildman–Crippen MR) is 89.5 cm³/mol. The SMILES string of the molecule is O=C(c1ccc2c(c1)OCO2)N1CCCC12CCCN(C1CC1)C2=O. The molecule has 132 valence electrons. The van der Waals surface area contributed by atoms with Gasteiger partial charge in [-0.25, -0.2) is 0 Å². The highest BCUT2D eigenvalue weighted by Crippen LogP contribution is 2.43. The maximum absolute atomic E-state index is 13.3. The average molecular weight is 342 g/mol. The van der Waals surface area contributed by atoms with Gasteiger partial charge in [0.05, 0.1) is 0 Å². The molecule has 2 saturated heterocycles. The van der Waals surface area contributed by atoms with E-state index in [2.05, 4.69) is 0 Å². The lowest BCUT2D eigenvalue weighted by atomic mass is 9.85. The molecule has 1 unspecified atom stereocenters. The molecule has 2 amide bonds. The fourth-order valence-corrected chi connectivity index (χ4v) is 4.59. The molecule has 3 aliphatic heterocycles. The Morgan fingerprint density at radius 1 is 1.08 bits per heavy atom. The number of piperidine rings is 1. The quantitative estimate of drug-likeness (QED) is 0.826. The fraction of sp³-hybridized carbons (Fsp3) is 0.579. The van der Waals surface area contributed by atoms with Crippen molar-refractivity contribution >= 4 is 11.8 Å². The van der Waals surface area contributed by atoms with Crippen molar-refractivity contribution in [2.24, 2.45) is 0 Å². The van der Waals surface area contributed by atoms with Gasteiger partial charge in [-0.2, -0.15) is 0 Å². The minimum absolute atomic E-state index is 0.0678. The summed E-state index contributed by atoms with van der Waals surface area (Å²) >= 11 is 0. The first-order chi connectivity index (χ1) is 12.2. The van der Waals surface area contributed by atoms with Crippen LogP contribution in [0.4, 0.5) is 0 Å². The van der Waals surface area contributed by atoms with Crippen molar-refractivity contribution in [2.75, 3.05) is 19.9 Å². The van der Waals surface area contributed by atoms with E-state index in [1.54, 1.807) is 18.2 Å². The maximum atomic E-state index is 13.3. The zero-order valence-corrected chi connectivity index (χ0v) is 14.2. The lowest BCUT2D eigenvalue weighted by Crippen LogP contribution is -2.61. The highest BCUT2D eigenvalue weighted by molar-refractivity contribution is 6.00. The van der Waals surface area contributed by atoms with Crippen LogP contribution in [-0.4, -0.2) is 53.1 Å². The first-order valence-electron chi connectivity index (χ1n) is 9.22. The summed E-state index contributed by atoms with van der Waals surface area (Å²) < 4.78 is 10.7. The van der Waals surface area contributed by atoms with Crippen LogP contribution in [0.2, 0.25) is 0 Å². The third kappa shape index (κ3) is 2.23. The molecule has 3 heterocycles. The van der Waals surface area contributed by atoms with E-state index in [-0.39, 0.29) is 18.6 Å². The highest BCUT2D eigenvalue weighted by atomic mass is 16.7. The van der Waals surface area contributed by atoms with Gasteiger partial charge in [-0.3, -0.25) is 9.59 Å². The molecule has 25 heavy (non-hydrogen) atoms. The van der Waals surface area contributed by atoms with E-state index >= 15 is 0 Å². The van der Waals surface area contributed by atoms with Gasteiger partial charge in [0.15, 0.2) is 11.5 Å². The number of ether oxygens (including phenoxy) is 2. The van der Waals surface area contributed by atoms with Gasteiger partial charge in [-0.1, -0.05) is 0 Å². The Morgan fingerprint density at radius 3 is 2.64 bits per heavy atom. The van der Waals surface area contributed by atoms with Crippen LogP contribution in [0.1, 0.15) is 48.9 Å². The summed E-state index contributed by atoms with van der Waals surface area (Å²) in [6.45, 7) is 1.68. The summed E-state index contributed by atoms with van der Waals surface area (Å²) in [4.78, 5) is 30.3. The van der Waals surface area contributed by atoms with Gasteiger partial charge in [-0.05, 0) is 56.7 Å². The summed E-state index contributed by atoms with van der Waals surface area (Å²) in [6, 6.07) is 5.70. The second-order valence-electron chi connectivity index (χ2n) is 7.49. The van der Waals surface area contributed by atoms with Crippen LogP contribution >= 0.6 is 0 Å². The van der Waals surface area contributed by atoms with Crippen molar-refractivity contribution in [3.05, 3.63) is 23.8 Å². The van der Waals surface area contributed by atoms with Crippen LogP contribution in [0, 0.1) is 0 Å². The van der Waals surface area contributed by atoms with Crippen LogP contribution in [0.25, 0.3) is 0 Å². The second kappa shape index (κ2) is 5.38. The Morgan fingerprint density at radius 2 is 1.84 bits per heavy atom. The molecule has 0 N–H and O–H groups in total. The molecule has 6 nitrogen and oxygen atoms in total. The smallest absolute Gasteiger partial charge is 0.254 e. The first kappa shape index (κ1) is 15.0. The fourth-order valence-electron chi connectivity index (χ4n) is 4.59. The first-order valence-corrected chi connectivity index (χ1v) is 9.22. The molecular formula is C19H22N2O4. The standard InChI is InChI=1S/C19H22N2O4/c22-17(13-3-6-15-16(11-13)25-12-24-15)21-10-2-8-19(21)7-1-9-20(18(19)23)14-4-5-14/h3,6,11,14H,1-2,4-5,7-10,12H2. The van der Waals surface area contributed by atoms with Crippen LogP contribution in [0.3, 0.4) is 0 Å². The van der Waals surface area contributed by atoms with Gasteiger partial charge >= 0.3 is 0 Å². The van der Waals surface area contributed by atoms with Crippen LogP contribution in [-0.2, 0) is 4.79 Å². The molecule has 5 rings (SSSR count). The lowest BCUT2D eigenvalue weighted by Gasteiger charge is -2.44. The Labute approximate surface area is 146 Å². The third-order valence-electron chi connectivity index (χ3n) is 5.99. The molecule has 1 aromatic carbocycles. The molecule has 6 heteroatoms. The number of benzene rings is 1. The minimum Gasteiger partial charge on any atom is -0.454 e. The average Bonchev–Trinajstić information content (AvgIpc) is 3.21. The molecular weight excluding hydrogens is 320 g/mol. The van der Waals surface area contributed by atoms with E-state index in [4.69, 9.17) is 9.47 Å². The van der Waals surface area contributed by atoms with Gasteiger partial charge in [0.1, 0.15) is 5.54 Å². The Kier molecular flexibility index (Phi) is 3.24. The highest BCUT2D eigenvalue weighted by Gasteiger charge is 2.54. The van der Waals surface area contributed by atoms with E-state index in [0.29, 0.717) is 29.6 Å². The number of hydrogen-bond acceptors (Lipinski definition) is 4. The predicted octanol–water partition coefficient (Wildman–Crippen LogP) is 2.17. The summed E-state index contributed by atoms with van der Waals surface area (Å²) in [5.74, 6) is 1.38. The summed E-state index contributed by atoms with van der Waals surface area (Å²) in [5.41, 5.74) is -0.0595. The number of amides is 2. The molecule has 4 aliphatic rings. The molecule has 0 aromatic heterocycles.